The molecule has 0 saturated carbocycles. The number of rotatable bonds is 5. The highest BCUT2D eigenvalue weighted by Gasteiger charge is 2.25. The molecule has 0 aromatic heterocycles. The van der Waals surface area contributed by atoms with Crippen molar-refractivity contribution in [2.75, 3.05) is 12.9 Å². The third kappa shape index (κ3) is 3.22. The van der Waals surface area contributed by atoms with Crippen LogP contribution in [0.15, 0.2) is 23.1 Å². The molecule has 6 heteroatoms. The zero-order valence-corrected chi connectivity index (χ0v) is 11.3. The second-order valence-corrected chi connectivity index (χ2v) is 6.18. The molecule has 0 radical (unpaired) electrons. The topological polar surface area (TPSA) is 80.7 Å². The third-order valence-corrected chi connectivity index (χ3v) is 4.47. The molecule has 18 heavy (non-hydrogen) atoms. The van der Waals surface area contributed by atoms with Crippen LogP contribution in [0.3, 0.4) is 0 Å². The molecule has 1 rings (SSSR count). The molecule has 0 fully saturated rings. The third-order valence-electron chi connectivity index (χ3n) is 2.55. The van der Waals surface area contributed by atoms with Gasteiger partial charge in [0.15, 0.2) is 9.84 Å². The van der Waals surface area contributed by atoms with Crippen LogP contribution in [-0.4, -0.2) is 32.4 Å². The fourth-order valence-electron chi connectivity index (χ4n) is 1.52. The molecule has 5 nitrogen and oxygen atoms in total. The number of aliphatic carboxylic acids is 1. The van der Waals surface area contributed by atoms with Crippen molar-refractivity contribution in [3.05, 3.63) is 23.8 Å². The summed E-state index contributed by atoms with van der Waals surface area (Å²) < 4.78 is 29.3. The Morgan fingerprint density at radius 3 is 2.56 bits per heavy atom. The summed E-state index contributed by atoms with van der Waals surface area (Å²) >= 11 is 0. The first-order chi connectivity index (χ1) is 8.27. The van der Waals surface area contributed by atoms with Crippen LogP contribution in [0.5, 0.6) is 5.75 Å². The van der Waals surface area contributed by atoms with E-state index >= 15 is 0 Å². The van der Waals surface area contributed by atoms with E-state index in [2.05, 4.69) is 0 Å². The minimum absolute atomic E-state index is 0.0399. The Balaban J connectivity index is 3.19. The van der Waals surface area contributed by atoms with Crippen molar-refractivity contribution >= 4 is 15.8 Å². The van der Waals surface area contributed by atoms with Crippen molar-refractivity contribution in [2.24, 2.45) is 5.92 Å². The molecule has 100 valence electrons. The van der Waals surface area contributed by atoms with Crippen LogP contribution >= 0.6 is 0 Å². The van der Waals surface area contributed by atoms with Gasteiger partial charge in [0.25, 0.3) is 0 Å². The summed E-state index contributed by atoms with van der Waals surface area (Å²) in [5.74, 6) is -2.30. The van der Waals surface area contributed by atoms with Crippen LogP contribution in [0.1, 0.15) is 12.5 Å². The zero-order valence-electron chi connectivity index (χ0n) is 10.5. The Morgan fingerprint density at radius 2 is 2.06 bits per heavy atom. The predicted octanol–water partition coefficient (Wildman–Crippen LogP) is 1.50. The number of carbonyl (C=O) groups is 1. The quantitative estimate of drug-likeness (QED) is 0.878. The summed E-state index contributed by atoms with van der Waals surface area (Å²) in [4.78, 5) is 10.8. The van der Waals surface area contributed by atoms with E-state index in [0.717, 1.165) is 5.56 Å². The Bertz CT molecular complexity index is 548. The molecule has 1 atom stereocenters. The second-order valence-electron chi connectivity index (χ2n) is 4.18. The van der Waals surface area contributed by atoms with Gasteiger partial charge in [0, 0.05) is 0 Å². The Morgan fingerprint density at radius 1 is 1.44 bits per heavy atom. The summed E-state index contributed by atoms with van der Waals surface area (Å²) in [7, 11) is -2.30. The minimum Gasteiger partial charge on any atom is -0.495 e. The summed E-state index contributed by atoms with van der Waals surface area (Å²) in [5, 5.41) is 8.78. The van der Waals surface area contributed by atoms with Gasteiger partial charge in [-0.25, -0.2) is 8.42 Å². The number of methoxy groups -OCH3 is 1. The summed E-state index contributed by atoms with van der Waals surface area (Å²) in [6.07, 6.45) is 0. The fourth-order valence-corrected chi connectivity index (χ4v) is 3.32. The summed E-state index contributed by atoms with van der Waals surface area (Å²) in [6.45, 7) is 3.13. The van der Waals surface area contributed by atoms with Gasteiger partial charge in [-0.2, -0.15) is 0 Å². The van der Waals surface area contributed by atoms with Crippen LogP contribution in [0.4, 0.5) is 0 Å². The monoisotopic (exact) mass is 272 g/mol. The van der Waals surface area contributed by atoms with Gasteiger partial charge in [-0.3, -0.25) is 4.79 Å². The summed E-state index contributed by atoms with van der Waals surface area (Å²) in [5.41, 5.74) is 0.775. The number of sulfone groups is 1. The molecule has 0 bridgehead atoms. The van der Waals surface area contributed by atoms with E-state index in [1.165, 1.54) is 20.1 Å². The van der Waals surface area contributed by atoms with Crippen molar-refractivity contribution in [2.45, 2.75) is 18.7 Å². The van der Waals surface area contributed by atoms with E-state index in [9.17, 15) is 13.2 Å². The highest BCUT2D eigenvalue weighted by atomic mass is 32.2. The molecule has 0 spiro atoms. The maximum Gasteiger partial charge on any atom is 0.307 e. The van der Waals surface area contributed by atoms with E-state index in [0.29, 0.717) is 0 Å². The molecule has 1 aromatic rings. The van der Waals surface area contributed by atoms with Gasteiger partial charge in [-0.05, 0) is 24.6 Å². The van der Waals surface area contributed by atoms with Crippen LogP contribution in [0.25, 0.3) is 0 Å². The number of hydrogen-bond donors (Lipinski definition) is 1. The molecular formula is C12H16O5S. The highest BCUT2D eigenvalue weighted by molar-refractivity contribution is 7.91. The Kier molecular flexibility index (Phi) is 4.34. The first-order valence-electron chi connectivity index (χ1n) is 5.38. The van der Waals surface area contributed by atoms with Gasteiger partial charge >= 0.3 is 5.97 Å². The summed E-state index contributed by atoms with van der Waals surface area (Å²) in [6, 6.07) is 4.79. The van der Waals surface area contributed by atoms with Gasteiger partial charge < -0.3 is 9.84 Å². The van der Waals surface area contributed by atoms with Gasteiger partial charge in [0.1, 0.15) is 10.6 Å². The lowest BCUT2D eigenvalue weighted by molar-refractivity contribution is -0.140. The van der Waals surface area contributed by atoms with Crippen LogP contribution in [0, 0.1) is 12.8 Å². The lowest BCUT2D eigenvalue weighted by Crippen LogP contribution is -2.21. The number of carboxylic acid groups (broad SMARTS) is 1. The Labute approximate surface area is 106 Å². The number of carboxylic acids is 1. The van der Waals surface area contributed by atoms with E-state index < -0.39 is 27.5 Å². The molecule has 0 saturated heterocycles. The molecule has 1 aromatic carbocycles. The molecule has 0 amide bonds. The number of aryl methyl sites for hydroxylation is 1. The molecule has 0 heterocycles. The number of ether oxygens (including phenoxy) is 1. The Hall–Kier alpha value is -1.56. The first-order valence-corrected chi connectivity index (χ1v) is 7.03. The van der Waals surface area contributed by atoms with Crippen molar-refractivity contribution < 1.29 is 23.1 Å². The predicted molar refractivity (Wildman–Crippen MR) is 66.6 cm³/mol. The lowest BCUT2D eigenvalue weighted by Gasteiger charge is -2.12. The number of benzene rings is 1. The van der Waals surface area contributed by atoms with Gasteiger partial charge in [0.2, 0.25) is 0 Å². The maximum absolute atomic E-state index is 12.1. The van der Waals surface area contributed by atoms with Crippen molar-refractivity contribution in [3.8, 4) is 5.75 Å². The second kappa shape index (κ2) is 5.39. The van der Waals surface area contributed by atoms with E-state index in [1.807, 2.05) is 0 Å². The van der Waals surface area contributed by atoms with Crippen LogP contribution in [-0.2, 0) is 14.6 Å². The van der Waals surface area contributed by atoms with E-state index in [4.69, 9.17) is 9.84 Å². The van der Waals surface area contributed by atoms with Gasteiger partial charge in [0.05, 0.1) is 18.8 Å². The minimum atomic E-state index is -3.68. The van der Waals surface area contributed by atoms with Crippen LogP contribution < -0.4 is 4.74 Å². The number of hydrogen-bond acceptors (Lipinski definition) is 4. The normalized spacial score (nSPS) is 13.1. The average Bonchev–Trinajstić information content (AvgIpc) is 2.28. The standard InChI is InChI=1S/C12H16O5S/c1-8-4-5-10(17-3)11(6-8)18(15,16)7-9(2)12(13)14/h4-6,9H,7H2,1-3H3,(H,13,14). The van der Waals surface area contributed by atoms with E-state index in [1.54, 1.807) is 19.1 Å². The first kappa shape index (κ1) is 14.5. The SMILES string of the molecule is COc1ccc(C)cc1S(=O)(=O)CC(C)C(=O)O. The largest absolute Gasteiger partial charge is 0.495 e. The van der Waals surface area contributed by atoms with E-state index in [-0.39, 0.29) is 10.6 Å². The molecule has 0 aliphatic heterocycles. The molecule has 0 aliphatic carbocycles. The van der Waals surface area contributed by atoms with Crippen LogP contribution in [0.2, 0.25) is 0 Å². The molecular weight excluding hydrogens is 256 g/mol. The van der Waals surface area contributed by atoms with Gasteiger partial charge in [-0.15, -0.1) is 0 Å². The van der Waals surface area contributed by atoms with Gasteiger partial charge in [-0.1, -0.05) is 13.0 Å². The smallest absolute Gasteiger partial charge is 0.307 e. The van der Waals surface area contributed by atoms with Crippen molar-refractivity contribution in [1.82, 2.24) is 0 Å². The lowest BCUT2D eigenvalue weighted by atomic mass is 10.2. The highest BCUT2D eigenvalue weighted by Crippen LogP contribution is 2.26. The van der Waals surface area contributed by atoms with Crippen molar-refractivity contribution in [1.29, 1.82) is 0 Å². The van der Waals surface area contributed by atoms with Crippen molar-refractivity contribution in [3.63, 3.8) is 0 Å². The zero-order chi connectivity index (χ0) is 13.9. The molecule has 0 aliphatic rings. The fraction of sp³-hybridized carbons (Fsp3) is 0.417. The molecule has 1 unspecified atom stereocenters. The molecule has 1 N–H and O–H groups in total. The average molecular weight is 272 g/mol. The maximum atomic E-state index is 12.1.